The molecule has 166 valence electrons. The van der Waals surface area contributed by atoms with Crippen LogP contribution in [0.25, 0.3) is 0 Å². The maximum absolute atomic E-state index is 11.6. The summed E-state index contributed by atoms with van der Waals surface area (Å²) in [4.78, 5) is 17.9. The Balaban J connectivity index is 0.00000784. The van der Waals surface area contributed by atoms with Gasteiger partial charge in [-0.15, -0.1) is 24.0 Å². The third kappa shape index (κ3) is 13.2. The second-order valence-corrected chi connectivity index (χ2v) is 7.54. The lowest BCUT2D eigenvalue weighted by atomic mass is 10.2. The average Bonchev–Trinajstić information content (AvgIpc) is 2.60. The van der Waals surface area contributed by atoms with Crippen LogP contribution in [0.3, 0.4) is 0 Å². The Morgan fingerprint density at radius 1 is 1.10 bits per heavy atom. The fraction of sp³-hybridized carbons (Fsp3) is 0.600. The minimum atomic E-state index is -0.503. The first-order chi connectivity index (χ1) is 13.2. The van der Waals surface area contributed by atoms with Gasteiger partial charge >= 0.3 is 6.09 Å². The highest BCUT2D eigenvalue weighted by molar-refractivity contribution is 14.0. The molecular formula is C20H36IN5O3. The van der Waals surface area contributed by atoms with Crippen LogP contribution in [-0.4, -0.2) is 69.9 Å². The molecule has 8 nitrogen and oxygen atoms in total. The number of halogens is 1. The summed E-state index contributed by atoms with van der Waals surface area (Å²) in [6.07, 6.45) is -0.430. The van der Waals surface area contributed by atoms with Gasteiger partial charge in [-0.2, -0.15) is 0 Å². The Hall–Kier alpha value is -1.75. The molecule has 0 radical (unpaired) electrons. The number of aliphatic imine (C=N–C) groups is 1. The Kier molecular flexibility index (Phi) is 13.4. The summed E-state index contributed by atoms with van der Waals surface area (Å²) in [6.45, 7) is 8.52. The smallest absolute Gasteiger partial charge is 0.407 e. The minimum absolute atomic E-state index is 0. The van der Waals surface area contributed by atoms with E-state index in [1.807, 2.05) is 59.1 Å². The number of amides is 1. The van der Waals surface area contributed by atoms with E-state index in [1.165, 1.54) is 0 Å². The van der Waals surface area contributed by atoms with E-state index >= 15 is 0 Å². The molecule has 0 saturated heterocycles. The first-order valence-corrected chi connectivity index (χ1v) is 9.48. The summed E-state index contributed by atoms with van der Waals surface area (Å²) in [7, 11) is 5.74. The molecule has 9 heteroatoms. The van der Waals surface area contributed by atoms with Crippen LogP contribution in [0.1, 0.15) is 26.3 Å². The van der Waals surface area contributed by atoms with Crippen LogP contribution < -0.4 is 20.7 Å². The number of benzene rings is 1. The van der Waals surface area contributed by atoms with Crippen molar-refractivity contribution in [2.45, 2.75) is 32.9 Å². The first-order valence-electron chi connectivity index (χ1n) is 9.48. The van der Waals surface area contributed by atoms with E-state index < -0.39 is 11.7 Å². The number of hydrogen-bond donors (Lipinski definition) is 3. The number of para-hydroxylation sites is 1. The molecular weight excluding hydrogens is 485 g/mol. The number of carbonyl (C=O) groups excluding carboxylic acids is 1. The van der Waals surface area contributed by atoms with Crippen LogP contribution >= 0.6 is 24.0 Å². The zero-order valence-corrected chi connectivity index (χ0v) is 20.7. The van der Waals surface area contributed by atoms with Gasteiger partial charge in [0.1, 0.15) is 18.0 Å². The van der Waals surface area contributed by atoms with E-state index in [0.717, 1.165) is 17.9 Å². The SMILES string of the molecule is CN=C(NCCNC(=O)OC(C)(C)C)NCc1ccccc1OCCN(C)C.I. The monoisotopic (exact) mass is 521 g/mol. The van der Waals surface area contributed by atoms with Crippen molar-refractivity contribution in [1.82, 2.24) is 20.9 Å². The third-order valence-electron chi connectivity index (χ3n) is 3.52. The third-order valence-corrected chi connectivity index (χ3v) is 3.52. The zero-order valence-electron chi connectivity index (χ0n) is 18.4. The Morgan fingerprint density at radius 2 is 1.76 bits per heavy atom. The molecule has 0 bridgehead atoms. The van der Waals surface area contributed by atoms with Crippen LogP contribution in [0.2, 0.25) is 0 Å². The molecule has 0 saturated carbocycles. The summed E-state index contributed by atoms with van der Waals surface area (Å²) in [5.74, 6) is 1.51. The molecule has 1 rings (SSSR count). The number of rotatable bonds is 9. The van der Waals surface area contributed by atoms with Crippen molar-refractivity contribution in [3.05, 3.63) is 29.8 Å². The molecule has 29 heavy (non-hydrogen) atoms. The molecule has 0 spiro atoms. The normalized spacial score (nSPS) is 11.5. The number of nitrogens with zero attached hydrogens (tertiary/aromatic N) is 2. The van der Waals surface area contributed by atoms with E-state index in [2.05, 4.69) is 25.8 Å². The molecule has 0 aliphatic rings. The van der Waals surface area contributed by atoms with E-state index in [-0.39, 0.29) is 24.0 Å². The number of nitrogens with one attached hydrogen (secondary N) is 3. The number of guanidine groups is 1. The Labute approximate surface area is 191 Å². The average molecular weight is 521 g/mol. The molecule has 0 atom stereocenters. The van der Waals surface area contributed by atoms with Crippen molar-refractivity contribution < 1.29 is 14.3 Å². The standard InChI is InChI=1S/C20H35N5O3.HI/c1-20(2,3)28-19(26)23-12-11-22-18(21-4)24-15-16-9-7-8-10-17(16)27-14-13-25(5)6;/h7-10H,11-15H2,1-6H3,(H,23,26)(H2,21,22,24);1H. The number of hydrogen-bond acceptors (Lipinski definition) is 5. The molecule has 0 aliphatic carbocycles. The van der Waals surface area contributed by atoms with Gasteiger partial charge in [0.25, 0.3) is 0 Å². The van der Waals surface area contributed by atoms with Gasteiger partial charge in [-0.1, -0.05) is 18.2 Å². The largest absolute Gasteiger partial charge is 0.492 e. The van der Waals surface area contributed by atoms with Crippen molar-refractivity contribution in [2.24, 2.45) is 4.99 Å². The first kappa shape index (κ1) is 27.2. The molecule has 0 aromatic heterocycles. The fourth-order valence-corrected chi connectivity index (χ4v) is 2.19. The molecule has 0 aliphatic heterocycles. The summed E-state index contributed by atoms with van der Waals surface area (Å²) < 4.78 is 11.1. The van der Waals surface area contributed by atoms with Gasteiger partial charge in [0, 0.05) is 38.8 Å². The van der Waals surface area contributed by atoms with E-state index in [1.54, 1.807) is 7.05 Å². The number of alkyl carbamates (subject to hydrolysis) is 1. The molecule has 0 unspecified atom stereocenters. The number of ether oxygens (including phenoxy) is 2. The quantitative estimate of drug-likeness (QED) is 0.200. The van der Waals surface area contributed by atoms with Gasteiger partial charge in [-0.3, -0.25) is 4.99 Å². The van der Waals surface area contributed by atoms with Crippen LogP contribution in [0.15, 0.2) is 29.3 Å². The lowest BCUT2D eigenvalue weighted by Crippen LogP contribution is -2.42. The summed E-state index contributed by atoms with van der Waals surface area (Å²) in [5, 5.41) is 9.12. The van der Waals surface area contributed by atoms with Gasteiger partial charge in [0.05, 0.1) is 0 Å². The fourth-order valence-electron chi connectivity index (χ4n) is 2.19. The predicted molar refractivity (Wildman–Crippen MR) is 128 cm³/mol. The van der Waals surface area contributed by atoms with Crippen molar-refractivity contribution >= 4 is 36.0 Å². The maximum atomic E-state index is 11.6. The van der Waals surface area contributed by atoms with Gasteiger partial charge < -0.3 is 30.3 Å². The Bertz CT molecular complexity index is 633. The Morgan fingerprint density at radius 3 is 2.38 bits per heavy atom. The van der Waals surface area contributed by atoms with E-state index in [4.69, 9.17) is 9.47 Å². The van der Waals surface area contributed by atoms with Crippen molar-refractivity contribution in [1.29, 1.82) is 0 Å². The van der Waals surface area contributed by atoms with Crippen molar-refractivity contribution in [2.75, 3.05) is 47.4 Å². The summed E-state index contributed by atoms with van der Waals surface area (Å²) in [5.41, 5.74) is 0.549. The highest BCUT2D eigenvalue weighted by Crippen LogP contribution is 2.17. The second-order valence-electron chi connectivity index (χ2n) is 7.54. The maximum Gasteiger partial charge on any atom is 0.407 e. The molecule has 3 N–H and O–H groups in total. The molecule has 1 aromatic carbocycles. The zero-order chi connectivity index (χ0) is 21.0. The lowest BCUT2D eigenvalue weighted by molar-refractivity contribution is 0.0529. The highest BCUT2D eigenvalue weighted by Gasteiger charge is 2.15. The summed E-state index contributed by atoms with van der Waals surface area (Å²) >= 11 is 0. The van der Waals surface area contributed by atoms with Crippen LogP contribution in [0.5, 0.6) is 5.75 Å². The number of carbonyl (C=O) groups is 1. The van der Waals surface area contributed by atoms with Gasteiger partial charge in [-0.25, -0.2) is 4.79 Å². The number of likely N-dealkylation sites (N-methyl/N-ethyl adjacent to an activating group) is 1. The molecule has 1 aromatic rings. The molecule has 0 fully saturated rings. The lowest BCUT2D eigenvalue weighted by Gasteiger charge is -2.20. The van der Waals surface area contributed by atoms with E-state index in [0.29, 0.717) is 32.2 Å². The van der Waals surface area contributed by atoms with Crippen molar-refractivity contribution in [3.63, 3.8) is 0 Å². The topological polar surface area (TPSA) is 87.2 Å². The molecule has 1 amide bonds. The molecule has 0 heterocycles. The van der Waals surface area contributed by atoms with E-state index in [9.17, 15) is 4.79 Å². The van der Waals surface area contributed by atoms with Crippen LogP contribution in [0.4, 0.5) is 4.79 Å². The highest BCUT2D eigenvalue weighted by atomic mass is 127. The predicted octanol–water partition coefficient (Wildman–Crippen LogP) is 2.43. The van der Waals surface area contributed by atoms with Crippen molar-refractivity contribution in [3.8, 4) is 5.75 Å². The van der Waals surface area contributed by atoms with Crippen LogP contribution in [-0.2, 0) is 11.3 Å². The second kappa shape index (κ2) is 14.3. The minimum Gasteiger partial charge on any atom is -0.492 e. The van der Waals surface area contributed by atoms with Gasteiger partial charge in [0.15, 0.2) is 5.96 Å². The van der Waals surface area contributed by atoms with Gasteiger partial charge in [0.2, 0.25) is 0 Å². The summed E-state index contributed by atoms with van der Waals surface area (Å²) in [6, 6.07) is 7.93. The van der Waals surface area contributed by atoms with Gasteiger partial charge in [-0.05, 0) is 40.9 Å². The van der Waals surface area contributed by atoms with Crippen LogP contribution in [0, 0.1) is 0 Å².